The molecular formula is C20H27F3N2O5S. The number of ether oxygens (including phenoxy) is 1. The van der Waals surface area contributed by atoms with E-state index in [1.165, 1.54) is 9.75 Å². The lowest BCUT2D eigenvalue weighted by Gasteiger charge is -2.33. The lowest BCUT2D eigenvalue weighted by molar-refractivity contribution is -0.192. The zero-order valence-electron chi connectivity index (χ0n) is 17.3. The molecule has 174 valence electrons. The van der Waals surface area contributed by atoms with Gasteiger partial charge in [0.1, 0.15) is 0 Å². The number of alkyl halides is 3. The van der Waals surface area contributed by atoms with Gasteiger partial charge in [-0.3, -0.25) is 14.5 Å². The van der Waals surface area contributed by atoms with Crippen molar-refractivity contribution in [3.05, 3.63) is 21.9 Å². The Balaban J connectivity index is 0.000000339. The molecule has 0 aromatic carbocycles. The van der Waals surface area contributed by atoms with Crippen LogP contribution >= 0.6 is 11.3 Å². The van der Waals surface area contributed by atoms with Crippen LogP contribution in [0, 0.1) is 24.7 Å². The number of aryl methyl sites for hydroxylation is 1. The number of carbonyl (C=O) groups is 2. The van der Waals surface area contributed by atoms with Crippen LogP contribution in [0.4, 0.5) is 13.2 Å². The molecule has 0 aliphatic carbocycles. The number of hydrogen-bond donors (Lipinski definition) is 1. The summed E-state index contributed by atoms with van der Waals surface area (Å²) in [5, 5.41) is 8.69. The molecular weight excluding hydrogens is 437 g/mol. The second kappa shape index (κ2) is 10.3. The largest absolute Gasteiger partial charge is 0.490 e. The Morgan fingerprint density at radius 3 is 2.58 bits per heavy atom. The third-order valence-corrected chi connectivity index (χ3v) is 6.71. The number of halogens is 3. The number of hydrogen-bond acceptors (Lipinski definition) is 6. The zero-order valence-corrected chi connectivity index (χ0v) is 18.1. The SMILES string of the molecule is Cc1ccc(CN2C[C@@H]3COC[C@@H](CC(=O)N4CCCO4)[C@@H]3C2)s1.O=C(O)C(F)(F)F. The molecule has 3 saturated heterocycles. The van der Waals surface area contributed by atoms with Crippen LogP contribution in [0.15, 0.2) is 12.1 Å². The van der Waals surface area contributed by atoms with Gasteiger partial charge in [-0.1, -0.05) is 0 Å². The van der Waals surface area contributed by atoms with Crippen molar-refractivity contribution in [2.24, 2.45) is 17.8 Å². The number of carboxylic acid groups (broad SMARTS) is 1. The van der Waals surface area contributed by atoms with Gasteiger partial charge in [0, 0.05) is 35.8 Å². The van der Waals surface area contributed by atoms with E-state index in [0.29, 0.717) is 37.4 Å². The molecule has 4 rings (SSSR count). The molecule has 1 amide bonds. The second-order valence-corrected chi connectivity index (χ2v) is 9.49. The highest BCUT2D eigenvalue weighted by Gasteiger charge is 2.42. The maximum Gasteiger partial charge on any atom is 0.490 e. The summed E-state index contributed by atoms with van der Waals surface area (Å²) in [4.78, 5) is 32.1. The summed E-state index contributed by atoms with van der Waals surface area (Å²) in [6, 6.07) is 4.44. The van der Waals surface area contributed by atoms with Crippen molar-refractivity contribution >= 4 is 23.2 Å². The number of aliphatic carboxylic acids is 1. The van der Waals surface area contributed by atoms with E-state index in [-0.39, 0.29) is 5.91 Å². The number of amides is 1. The lowest BCUT2D eigenvalue weighted by atomic mass is 9.81. The third-order valence-electron chi connectivity index (χ3n) is 5.72. The highest BCUT2D eigenvalue weighted by Crippen LogP contribution is 2.37. The minimum atomic E-state index is -5.08. The average Bonchev–Trinajstić information content (AvgIpc) is 3.43. The van der Waals surface area contributed by atoms with Gasteiger partial charge in [-0.2, -0.15) is 13.2 Å². The predicted molar refractivity (Wildman–Crippen MR) is 106 cm³/mol. The molecule has 3 fully saturated rings. The Morgan fingerprint density at radius 2 is 2.00 bits per heavy atom. The van der Waals surface area contributed by atoms with Crippen LogP contribution in [0.25, 0.3) is 0 Å². The Morgan fingerprint density at radius 1 is 1.26 bits per heavy atom. The maximum absolute atomic E-state index is 12.4. The fourth-order valence-electron chi connectivity index (χ4n) is 4.29. The molecule has 7 nitrogen and oxygen atoms in total. The number of likely N-dealkylation sites (tertiary alicyclic amines) is 1. The topological polar surface area (TPSA) is 79.3 Å². The molecule has 31 heavy (non-hydrogen) atoms. The Hall–Kier alpha value is -1.69. The number of carbonyl (C=O) groups excluding carboxylic acids is 1. The molecule has 3 aliphatic rings. The lowest BCUT2D eigenvalue weighted by Crippen LogP contribution is -2.38. The first-order chi connectivity index (χ1) is 14.6. The molecule has 3 aliphatic heterocycles. The number of fused-ring (bicyclic) bond motifs is 1. The van der Waals surface area contributed by atoms with Crippen LogP contribution < -0.4 is 0 Å². The van der Waals surface area contributed by atoms with Crippen molar-refractivity contribution in [1.82, 2.24) is 9.96 Å². The standard InChI is InChI=1S/C18H26N2O3S.C2HF3O2/c1-13-3-4-16(24-13)9-19-8-15-12-22-11-14(17(15)10-19)7-18(21)20-5-2-6-23-20;3-2(4,5)1(6)7/h3-4,14-15,17H,2,5-12H2,1H3;(H,6,7)/t14-,15-,17+;/m1./s1. The van der Waals surface area contributed by atoms with Crippen LogP contribution in [-0.2, 0) is 25.7 Å². The number of thiophene rings is 1. The molecule has 3 atom stereocenters. The van der Waals surface area contributed by atoms with E-state index in [9.17, 15) is 18.0 Å². The van der Waals surface area contributed by atoms with Gasteiger partial charge < -0.3 is 9.84 Å². The number of hydroxylamine groups is 2. The summed E-state index contributed by atoms with van der Waals surface area (Å²) in [7, 11) is 0. The monoisotopic (exact) mass is 464 g/mol. The molecule has 1 N–H and O–H groups in total. The number of rotatable bonds is 4. The molecule has 1 aromatic heterocycles. The number of nitrogens with zero attached hydrogens (tertiary/aromatic N) is 2. The van der Waals surface area contributed by atoms with Gasteiger partial charge in [0.2, 0.25) is 5.91 Å². The third kappa shape index (κ3) is 6.64. The van der Waals surface area contributed by atoms with Crippen LogP contribution in [0.5, 0.6) is 0 Å². The first-order valence-corrected chi connectivity index (χ1v) is 11.0. The van der Waals surface area contributed by atoms with E-state index < -0.39 is 12.1 Å². The van der Waals surface area contributed by atoms with E-state index in [2.05, 4.69) is 24.0 Å². The molecule has 4 heterocycles. The van der Waals surface area contributed by atoms with Crippen molar-refractivity contribution < 1.29 is 37.4 Å². The van der Waals surface area contributed by atoms with Crippen molar-refractivity contribution in [2.45, 2.75) is 32.5 Å². The molecule has 0 unspecified atom stereocenters. The highest BCUT2D eigenvalue weighted by atomic mass is 32.1. The van der Waals surface area contributed by atoms with Gasteiger partial charge in [-0.15, -0.1) is 11.3 Å². The molecule has 0 radical (unpaired) electrons. The van der Waals surface area contributed by atoms with E-state index in [1.807, 2.05) is 11.3 Å². The first kappa shape index (κ1) is 24.0. The smallest absolute Gasteiger partial charge is 0.475 e. The van der Waals surface area contributed by atoms with Crippen molar-refractivity contribution in [2.75, 3.05) is 39.5 Å². The Bertz CT molecular complexity index is 766. The summed E-state index contributed by atoms with van der Waals surface area (Å²) >= 11 is 1.89. The van der Waals surface area contributed by atoms with Gasteiger partial charge in [-0.05, 0) is 43.2 Å². The minimum absolute atomic E-state index is 0.133. The normalized spacial score (nSPS) is 26.3. The van der Waals surface area contributed by atoms with E-state index >= 15 is 0 Å². The quantitative estimate of drug-likeness (QED) is 0.738. The first-order valence-electron chi connectivity index (χ1n) is 10.2. The summed E-state index contributed by atoms with van der Waals surface area (Å²) < 4.78 is 37.6. The molecule has 0 spiro atoms. The Kier molecular flexibility index (Phi) is 7.95. The van der Waals surface area contributed by atoms with Crippen LogP contribution in [0.3, 0.4) is 0 Å². The summed E-state index contributed by atoms with van der Waals surface area (Å²) in [6.07, 6.45) is -3.57. The van der Waals surface area contributed by atoms with Crippen molar-refractivity contribution in [3.63, 3.8) is 0 Å². The van der Waals surface area contributed by atoms with Gasteiger partial charge >= 0.3 is 12.1 Å². The van der Waals surface area contributed by atoms with E-state index in [1.54, 1.807) is 5.06 Å². The second-order valence-electron chi connectivity index (χ2n) is 8.12. The van der Waals surface area contributed by atoms with Gasteiger partial charge in [0.25, 0.3) is 0 Å². The van der Waals surface area contributed by atoms with Crippen LogP contribution in [0.2, 0.25) is 0 Å². The van der Waals surface area contributed by atoms with Crippen molar-refractivity contribution in [3.8, 4) is 0 Å². The van der Waals surface area contributed by atoms with Crippen LogP contribution in [0.1, 0.15) is 22.6 Å². The Labute approximate surface area is 182 Å². The molecule has 0 bridgehead atoms. The van der Waals surface area contributed by atoms with E-state index in [0.717, 1.165) is 39.2 Å². The maximum atomic E-state index is 12.4. The average molecular weight is 465 g/mol. The van der Waals surface area contributed by atoms with Crippen molar-refractivity contribution in [1.29, 1.82) is 0 Å². The highest BCUT2D eigenvalue weighted by molar-refractivity contribution is 7.11. The fourth-order valence-corrected chi connectivity index (χ4v) is 5.23. The predicted octanol–water partition coefficient (Wildman–Crippen LogP) is 2.94. The zero-order chi connectivity index (χ0) is 22.6. The van der Waals surface area contributed by atoms with Crippen LogP contribution in [-0.4, -0.2) is 72.6 Å². The number of carboxylic acids is 1. The summed E-state index contributed by atoms with van der Waals surface area (Å²) in [5.74, 6) is -1.15. The summed E-state index contributed by atoms with van der Waals surface area (Å²) in [5.41, 5.74) is 0. The summed E-state index contributed by atoms with van der Waals surface area (Å²) in [6.45, 7) is 8.34. The molecule has 11 heteroatoms. The van der Waals surface area contributed by atoms with Gasteiger partial charge in [0.15, 0.2) is 0 Å². The molecule has 0 saturated carbocycles. The van der Waals surface area contributed by atoms with Gasteiger partial charge in [0.05, 0.1) is 26.4 Å². The van der Waals surface area contributed by atoms with Gasteiger partial charge in [-0.25, -0.2) is 9.86 Å². The fraction of sp³-hybridized carbons (Fsp3) is 0.700. The molecule has 1 aromatic rings. The van der Waals surface area contributed by atoms with E-state index in [4.69, 9.17) is 19.5 Å². The minimum Gasteiger partial charge on any atom is -0.475 e.